The fourth-order valence-corrected chi connectivity index (χ4v) is 4.24. The second-order valence-corrected chi connectivity index (χ2v) is 7.79. The largest absolute Gasteiger partial charge is 0.503 e. The highest BCUT2D eigenvalue weighted by Gasteiger charge is 2.44. The van der Waals surface area contributed by atoms with E-state index in [0.717, 1.165) is 13.1 Å². The molecule has 172 valence electrons. The maximum atomic E-state index is 13.6. The molecule has 0 bridgehead atoms. The molecule has 0 radical (unpaired) electrons. The first-order valence-electron chi connectivity index (χ1n) is 11.0. The lowest BCUT2D eigenvalue weighted by Gasteiger charge is -2.29. The van der Waals surface area contributed by atoms with Gasteiger partial charge in [0.25, 0.3) is 5.91 Å². The standard InChI is InChI=1S/C25H27N3O5/c1-4-27(5-2)13-14-28-21(16-9-11-26-12-10-16)20(23(30)25(28)31)22(29)19-15-17-7-6-8-18(32-3)24(17)33-19/h6-12,15,21,30H,4-5,13-14H2,1-3H3/t21-/m1/s1. The van der Waals surface area contributed by atoms with Crippen LogP contribution in [0.5, 0.6) is 5.75 Å². The molecule has 1 aromatic carbocycles. The number of Topliss-reactive ketones (excluding diaryl/α,β-unsaturated/α-hetero) is 1. The van der Waals surface area contributed by atoms with Crippen molar-refractivity contribution in [3.63, 3.8) is 0 Å². The summed E-state index contributed by atoms with van der Waals surface area (Å²) >= 11 is 0. The van der Waals surface area contributed by atoms with Crippen molar-refractivity contribution in [1.82, 2.24) is 14.8 Å². The molecule has 1 aliphatic heterocycles. The highest BCUT2D eigenvalue weighted by molar-refractivity contribution is 6.16. The van der Waals surface area contributed by atoms with E-state index in [9.17, 15) is 14.7 Å². The number of hydrogen-bond acceptors (Lipinski definition) is 7. The highest BCUT2D eigenvalue weighted by atomic mass is 16.5. The third-order valence-corrected chi connectivity index (χ3v) is 6.07. The molecule has 1 N–H and O–H groups in total. The number of benzene rings is 1. The van der Waals surface area contributed by atoms with E-state index in [2.05, 4.69) is 23.7 Å². The van der Waals surface area contributed by atoms with Crippen LogP contribution in [-0.2, 0) is 4.79 Å². The number of hydrogen-bond donors (Lipinski definition) is 1. The number of ether oxygens (including phenoxy) is 1. The Bertz CT molecular complexity index is 1200. The number of amides is 1. The number of aliphatic hydroxyl groups excluding tert-OH is 1. The number of pyridine rings is 1. The van der Waals surface area contributed by atoms with E-state index in [-0.39, 0.29) is 11.3 Å². The van der Waals surface area contributed by atoms with Gasteiger partial charge < -0.3 is 24.1 Å². The second-order valence-electron chi connectivity index (χ2n) is 7.79. The topological polar surface area (TPSA) is 96.1 Å². The number of likely N-dealkylation sites (N-methyl/N-ethyl adjacent to an activating group) is 1. The maximum absolute atomic E-state index is 13.6. The van der Waals surface area contributed by atoms with Crippen LogP contribution in [0.1, 0.15) is 36.0 Å². The number of aliphatic hydroxyl groups is 1. The minimum absolute atomic E-state index is 0.00349. The molecule has 0 saturated carbocycles. The zero-order chi connectivity index (χ0) is 23.5. The van der Waals surface area contributed by atoms with Crippen molar-refractivity contribution >= 4 is 22.7 Å². The Labute approximate surface area is 192 Å². The lowest BCUT2D eigenvalue weighted by atomic mass is 9.95. The summed E-state index contributed by atoms with van der Waals surface area (Å²) in [5.74, 6) is -1.12. The summed E-state index contributed by atoms with van der Waals surface area (Å²) in [4.78, 5) is 34.4. The number of para-hydroxylation sites is 1. The number of fused-ring (bicyclic) bond motifs is 1. The van der Waals surface area contributed by atoms with Crippen LogP contribution in [0.2, 0.25) is 0 Å². The van der Waals surface area contributed by atoms with Crippen LogP contribution in [-0.4, -0.2) is 64.9 Å². The van der Waals surface area contributed by atoms with Crippen LogP contribution in [0.4, 0.5) is 0 Å². The summed E-state index contributed by atoms with van der Waals surface area (Å²) in [6.07, 6.45) is 3.21. The van der Waals surface area contributed by atoms with Crippen molar-refractivity contribution in [2.45, 2.75) is 19.9 Å². The Hall–Kier alpha value is -3.65. The van der Waals surface area contributed by atoms with Gasteiger partial charge in [-0.15, -0.1) is 0 Å². The minimum atomic E-state index is -0.737. The number of furan rings is 1. The van der Waals surface area contributed by atoms with E-state index in [1.807, 2.05) is 6.07 Å². The number of aromatic nitrogens is 1. The lowest BCUT2D eigenvalue weighted by molar-refractivity contribution is -0.129. The molecule has 0 fully saturated rings. The SMILES string of the molecule is CCN(CC)CCN1C(=O)C(O)=C(C(=O)c2cc3cccc(OC)c3o2)[C@H]1c1ccncc1. The summed E-state index contributed by atoms with van der Waals surface area (Å²) in [7, 11) is 1.52. The zero-order valence-corrected chi connectivity index (χ0v) is 18.9. The van der Waals surface area contributed by atoms with Gasteiger partial charge in [-0.1, -0.05) is 26.0 Å². The molecule has 1 amide bonds. The lowest BCUT2D eigenvalue weighted by Crippen LogP contribution is -2.38. The quantitative estimate of drug-likeness (QED) is 0.497. The van der Waals surface area contributed by atoms with Gasteiger partial charge in [0, 0.05) is 30.9 Å². The summed E-state index contributed by atoms with van der Waals surface area (Å²) in [5, 5.41) is 11.5. The fourth-order valence-electron chi connectivity index (χ4n) is 4.24. The molecule has 0 aliphatic carbocycles. The van der Waals surface area contributed by atoms with Crippen molar-refractivity contribution in [2.75, 3.05) is 33.3 Å². The van der Waals surface area contributed by atoms with Crippen LogP contribution in [0.25, 0.3) is 11.0 Å². The number of rotatable bonds is 9. The van der Waals surface area contributed by atoms with E-state index in [1.165, 1.54) is 7.11 Å². The molecule has 33 heavy (non-hydrogen) atoms. The van der Waals surface area contributed by atoms with Gasteiger partial charge in [-0.2, -0.15) is 0 Å². The summed E-state index contributed by atoms with van der Waals surface area (Å²) in [6, 6.07) is 9.71. The Morgan fingerprint density at radius 3 is 2.61 bits per heavy atom. The monoisotopic (exact) mass is 449 g/mol. The molecule has 0 saturated heterocycles. The molecule has 8 nitrogen and oxygen atoms in total. The molecule has 3 aromatic rings. The van der Waals surface area contributed by atoms with Crippen LogP contribution >= 0.6 is 0 Å². The summed E-state index contributed by atoms with van der Waals surface area (Å²) in [5.41, 5.74) is 1.13. The molecule has 0 spiro atoms. The first-order valence-corrected chi connectivity index (χ1v) is 11.0. The van der Waals surface area contributed by atoms with E-state index < -0.39 is 23.5 Å². The van der Waals surface area contributed by atoms with Gasteiger partial charge in [-0.05, 0) is 42.9 Å². The first-order chi connectivity index (χ1) is 16.0. The molecule has 4 rings (SSSR count). The van der Waals surface area contributed by atoms with Gasteiger partial charge in [-0.25, -0.2) is 0 Å². The van der Waals surface area contributed by atoms with Gasteiger partial charge in [-0.3, -0.25) is 14.6 Å². The van der Waals surface area contributed by atoms with Crippen molar-refractivity contribution < 1.29 is 23.8 Å². The Balaban J connectivity index is 1.75. The summed E-state index contributed by atoms with van der Waals surface area (Å²) < 4.78 is 11.2. The Morgan fingerprint density at radius 1 is 1.21 bits per heavy atom. The molecular weight excluding hydrogens is 422 g/mol. The van der Waals surface area contributed by atoms with E-state index in [0.29, 0.717) is 35.4 Å². The third kappa shape index (κ3) is 4.09. The summed E-state index contributed by atoms with van der Waals surface area (Å²) in [6.45, 7) is 6.76. The number of methoxy groups -OCH3 is 1. The minimum Gasteiger partial charge on any atom is -0.503 e. The molecular formula is C25H27N3O5. The number of carbonyl (C=O) groups excluding carboxylic acids is 2. The van der Waals surface area contributed by atoms with Crippen LogP contribution in [0.3, 0.4) is 0 Å². The van der Waals surface area contributed by atoms with Gasteiger partial charge >= 0.3 is 0 Å². The average Bonchev–Trinajstić information content (AvgIpc) is 3.39. The van der Waals surface area contributed by atoms with Crippen molar-refractivity contribution in [2.24, 2.45) is 0 Å². The molecule has 1 atom stereocenters. The fraction of sp³-hybridized carbons (Fsp3) is 0.320. The predicted octanol–water partition coefficient (Wildman–Crippen LogP) is 3.76. The number of carbonyl (C=O) groups is 2. The predicted molar refractivity (Wildman–Crippen MR) is 123 cm³/mol. The second kappa shape index (κ2) is 9.46. The van der Waals surface area contributed by atoms with Crippen molar-refractivity contribution in [3.05, 3.63) is 71.4 Å². The molecule has 0 unspecified atom stereocenters. The zero-order valence-electron chi connectivity index (χ0n) is 18.9. The smallest absolute Gasteiger partial charge is 0.290 e. The normalized spacial score (nSPS) is 16.3. The Kier molecular flexibility index (Phi) is 6.46. The van der Waals surface area contributed by atoms with Crippen LogP contribution in [0, 0.1) is 0 Å². The van der Waals surface area contributed by atoms with E-state index in [4.69, 9.17) is 9.15 Å². The third-order valence-electron chi connectivity index (χ3n) is 6.07. The van der Waals surface area contributed by atoms with Gasteiger partial charge in [0.15, 0.2) is 22.9 Å². The molecule has 8 heteroatoms. The molecule has 1 aliphatic rings. The van der Waals surface area contributed by atoms with Crippen LogP contribution in [0.15, 0.2) is 64.5 Å². The van der Waals surface area contributed by atoms with E-state index in [1.54, 1.807) is 47.6 Å². The van der Waals surface area contributed by atoms with E-state index >= 15 is 0 Å². The maximum Gasteiger partial charge on any atom is 0.290 e. The van der Waals surface area contributed by atoms with Gasteiger partial charge in [0.05, 0.1) is 18.7 Å². The van der Waals surface area contributed by atoms with Gasteiger partial charge in [0.2, 0.25) is 5.78 Å². The van der Waals surface area contributed by atoms with Gasteiger partial charge in [0.1, 0.15) is 0 Å². The number of nitrogens with zero attached hydrogens (tertiary/aromatic N) is 3. The highest BCUT2D eigenvalue weighted by Crippen LogP contribution is 2.40. The number of ketones is 1. The molecule has 3 heterocycles. The van der Waals surface area contributed by atoms with Crippen molar-refractivity contribution in [1.29, 1.82) is 0 Å². The molecule has 2 aromatic heterocycles. The van der Waals surface area contributed by atoms with Crippen molar-refractivity contribution in [3.8, 4) is 5.75 Å². The van der Waals surface area contributed by atoms with Crippen LogP contribution < -0.4 is 4.74 Å². The first kappa shape index (κ1) is 22.5. The Morgan fingerprint density at radius 2 is 1.94 bits per heavy atom. The average molecular weight is 450 g/mol.